The molecule has 0 aliphatic rings. The highest BCUT2D eigenvalue weighted by atomic mass is 16.2. The number of hydrogen-bond donors (Lipinski definition) is 3. The topological polar surface area (TPSA) is 141 Å². The first-order chi connectivity index (χ1) is 9.82. The Bertz CT molecular complexity index is 856. The molecule has 2 aromatic heterocycles. The number of hydrazone groups is 1. The minimum absolute atomic E-state index is 0.219. The minimum Gasteiger partial charge on any atom is -0.367 e. The molecule has 11 heteroatoms. The van der Waals surface area contributed by atoms with E-state index in [4.69, 9.17) is 5.73 Å². The lowest BCUT2D eigenvalue weighted by atomic mass is 10.5. The number of aromatic nitrogens is 4. The fourth-order valence-corrected chi connectivity index (χ4v) is 1.72. The number of carbonyl (C=O) groups is 1. The molecule has 0 spiro atoms. The van der Waals surface area contributed by atoms with Gasteiger partial charge in [0.25, 0.3) is 0 Å². The molecule has 2 aromatic rings. The largest absolute Gasteiger partial charge is 0.367 e. The summed E-state index contributed by atoms with van der Waals surface area (Å²) in [5, 5.41) is 3.47. The van der Waals surface area contributed by atoms with Crippen molar-refractivity contribution >= 4 is 23.0 Å². The monoisotopic (exact) mass is 294 g/mol. The second-order valence-electron chi connectivity index (χ2n) is 4.29. The van der Waals surface area contributed by atoms with Gasteiger partial charge in [-0.2, -0.15) is 4.68 Å². The number of guanidine groups is 1. The molecule has 0 fully saturated rings. The number of nitrogens with zero attached hydrogens (tertiary/aromatic N) is 5. The molecular formula is C10H14N8O3. The van der Waals surface area contributed by atoms with Gasteiger partial charge in [0.05, 0.1) is 6.33 Å². The van der Waals surface area contributed by atoms with E-state index >= 15 is 0 Å². The summed E-state index contributed by atoms with van der Waals surface area (Å²) in [7, 11) is 3.09. The molecule has 112 valence electrons. The van der Waals surface area contributed by atoms with Crippen molar-refractivity contribution in [3.05, 3.63) is 27.2 Å². The van der Waals surface area contributed by atoms with E-state index in [1.165, 1.54) is 29.4 Å². The number of carbonyl (C=O) groups excluding carboxylic acids is 1. The summed E-state index contributed by atoms with van der Waals surface area (Å²) in [6.07, 6.45) is 1.42. The quantitative estimate of drug-likeness (QED) is 0.313. The zero-order valence-corrected chi connectivity index (χ0v) is 11.6. The zero-order chi connectivity index (χ0) is 15.7. The van der Waals surface area contributed by atoms with Gasteiger partial charge in [-0.3, -0.25) is 19.6 Å². The number of amides is 1. The SMILES string of the molecule is CC(=O)NN=C(N)Nn1c(=O)c2c(ncn2C)n(C)c1=O. The maximum absolute atomic E-state index is 12.3. The standard InChI is InChI=1S/C10H14N8O3/c1-5(19)13-14-9(11)15-18-8(20)6-7(12-4-16(6)2)17(3)10(18)21/h4H,1-3H3,(H,13,19)(H3,11,14,15). The molecule has 21 heavy (non-hydrogen) atoms. The highest BCUT2D eigenvalue weighted by Gasteiger charge is 2.15. The Labute approximate surface area is 117 Å². The number of nitrogens with one attached hydrogen (secondary N) is 2. The van der Waals surface area contributed by atoms with Crippen molar-refractivity contribution in [3.8, 4) is 0 Å². The van der Waals surface area contributed by atoms with E-state index in [9.17, 15) is 14.4 Å². The van der Waals surface area contributed by atoms with Crippen LogP contribution in [-0.4, -0.2) is 30.7 Å². The van der Waals surface area contributed by atoms with Gasteiger partial charge in [0.15, 0.2) is 11.2 Å². The normalized spacial score (nSPS) is 11.7. The molecule has 0 unspecified atom stereocenters. The van der Waals surface area contributed by atoms with E-state index < -0.39 is 17.2 Å². The van der Waals surface area contributed by atoms with Gasteiger partial charge in [0.2, 0.25) is 11.9 Å². The molecule has 2 rings (SSSR count). The molecule has 0 saturated carbocycles. The molecule has 11 nitrogen and oxygen atoms in total. The number of rotatable bonds is 2. The fraction of sp³-hybridized carbons (Fsp3) is 0.300. The first-order valence-corrected chi connectivity index (χ1v) is 5.82. The van der Waals surface area contributed by atoms with Gasteiger partial charge in [-0.05, 0) is 0 Å². The molecule has 0 saturated heterocycles. The third-order valence-electron chi connectivity index (χ3n) is 2.68. The average Bonchev–Trinajstić information content (AvgIpc) is 2.81. The van der Waals surface area contributed by atoms with Crippen LogP contribution in [0.4, 0.5) is 0 Å². The Morgan fingerprint density at radius 2 is 2.05 bits per heavy atom. The number of hydrogen-bond acceptors (Lipinski definition) is 5. The van der Waals surface area contributed by atoms with Crippen molar-refractivity contribution in [2.24, 2.45) is 24.9 Å². The first-order valence-electron chi connectivity index (χ1n) is 5.82. The maximum atomic E-state index is 12.3. The number of aryl methyl sites for hydroxylation is 2. The molecule has 0 aromatic carbocycles. The summed E-state index contributed by atoms with van der Waals surface area (Å²) in [6, 6.07) is 0. The summed E-state index contributed by atoms with van der Waals surface area (Å²) < 4.78 is 3.36. The summed E-state index contributed by atoms with van der Waals surface area (Å²) in [4.78, 5) is 39.1. The maximum Gasteiger partial charge on any atom is 0.351 e. The Morgan fingerprint density at radius 3 is 2.67 bits per heavy atom. The van der Waals surface area contributed by atoms with Crippen molar-refractivity contribution in [2.45, 2.75) is 6.92 Å². The van der Waals surface area contributed by atoms with E-state index in [-0.39, 0.29) is 17.1 Å². The van der Waals surface area contributed by atoms with Crippen LogP contribution < -0.4 is 27.8 Å². The van der Waals surface area contributed by atoms with Crippen molar-refractivity contribution in [1.29, 1.82) is 0 Å². The molecule has 0 bridgehead atoms. The molecular weight excluding hydrogens is 280 g/mol. The number of imidazole rings is 1. The Balaban J connectivity index is 2.57. The second kappa shape index (κ2) is 5.11. The second-order valence-corrected chi connectivity index (χ2v) is 4.29. The predicted octanol–water partition coefficient (Wildman–Crippen LogP) is -2.66. The van der Waals surface area contributed by atoms with Crippen LogP contribution >= 0.6 is 0 Å². The minimum atomic E-state index is -0.674. The zero-order valence-electron chi connectivity index (χ0n) is 11.6. The van der Waals surface area contributed by atoms with Crippen LogP contribution in [0.25, 0.3) is 11.2 Å². The molecule has 0 aliphatic heterocycles. The summed E-state index contributed by atoms with van der Waals surface area (Å²) >= 11 is 0. The van der Waals surface area contributed by atoms with Crippen LogP contribution in [0.2, 0.25) is 0 Å². The molecule has 0 radical (unpaired) electrons. The van der Waals surface area contributed by atoms with E-state index in [1.54, 1.807) is 7.05 Å². The lowest BCUT2D eigenvalue weighted by molar-refractivity contribution is -0.118. The van der Waals surface area contributed by atoms with Crippen LogP contribution in [-0.2, 0) is 18.9 Å². The van der Waals surface area contributed by atoms with Crippen LogP contribution in [0.1, 0.15) is 6.92 Å². The highest BCUT2D eigenvalue weighted by Crippen LogP contribution is 2.01. The van der Waals surface area contributed by atoms with Crippen LogP contribution in [0.15, 0.2) is 21.0 Å². The predicted molar refractivity (Wildman–Crippen MR) is 75.0 cm³/mol. The third kappa shape index (κ3) is 2.48. The number of fused-ring (bicyclic) bond motifs is 1. The first kappa shape index (κ1) is 14.3. The van der Waals surface area contributed by atoms with Crippen molar-refractivity contribution in [3.63, 3.8) is 0 Å². The smallest absolute Gasteiger partial charge is 0.351 e. The van der Waals surface area contributed by atoms with Gasteiger partial charge in [-0.25, -0.2) is 15.2 Å². The Hall–Kier alpha value is -3.11. The molecule has 2 heterocycles. The number of nitrogens with two attached hydrogens (primary N) is 1. The average molecular weight is 294 g/mol. The van der Waals surface area contributed by atoms with Gasteiger partial charge < -0.3 is 10.3 Å². The van der Waals surface area contributed by atoms with Gasteiger partial charge in [-0.1, -0.05) is 0 Å². The molecule has 4 N–H and O–H groups in total. The van der Waals surface area contributed by atoms with Crippen molar-refractivity contribution < 1.29 is 4.79 Å². The Morgan fingerprint density at radius 1 is 1.38 bits per heavy atom. The van der Waals surface area contributed by atoms with Gasteiger partial charge in [-0.15, -0.1) is 5.10 Å². The fourth-order valence-electron chi connectivity index (χ4n) is 1.72. The van der Waals surface area contributed by atoms with E-state index in [1.807, 2.05) is 0 Å². The van der Waals surface area contributed by atoms with Crippen molar-refractivity contribution in [2.75, 3.05) is 5.43 Å². The highest BCUT2D eigenvalue weighted by molar-refractivity contribution is 5.87. The van der Waals surface area contributed by atoms with Crippen LogP contribution in [0.3, 0.4) is 0 Å². The summed E-state index contributed by atoms with van der Waals surface area (Å²) in [5.41, 5.74) is 9.07. The van der Waals surface area contributed by atoms with E-state index in [0.29, 0.717) is 4.68 Å². The Kier molecular flexibility index (Phi) is 3.48. The molecule has 0 aliphatic carbocycles. The van der Waals surface area contributed by atoms with Gasteiger partial charge in [0.1, 0.15) is 0 Å². The lowest BCUT2D eigenvalue weighted by Crippen LogP contribution is -2.48. The summed E-state index contributed by atoms with van der Waals surface area (Å²) in [5.74, 6) is -0.756. The van der Waals surface area contributed by atoms with Crippen LogP contribution in [0.5, 0.6) is 0 Å². The van der Waals surface area contributed by atoms with E-state index in [2.05, 4.69) is 20.9 Å². The van der Waals surface area contributed by atoms with Crippen LogP contribution in [0, 0.1) is 0 Å². The molecule has 0 atom stereocenters. The summed E-state index contributed by atoms with van der Waals surface area (Å²) in [6.45, 7) is 1.24. The lowest BCUT2D eigenvalue weighted by Gasteiger charge is -2.10. The third-order valence-corrected chi connectivity index (χ3v) is 2.68. The van der Waals surface area contributed by atoms with Gasteiger partial charge >= 0.3 is 11.2 Å². The molecule has 1 amide bonds. The van der Waals surface area contributed by atoms with Crippen molar-refractivity contribution in [1.82, 2.24) is 24.2 Å². The van der Waals surface area contributed by atoms with E-state index in [0.717, 1.165) is 0 Å². The van der Waals surface area contributed by atoms with Gasteiger partial charge in [0, 0.05) is 21.0 Å².